The SMILES string of the molecule is O=c1oc2ccccc2n1[C@H]1CCCN(Cc2cccs2)C1. The molecule has 1 aromatic carbocycles. The van der Waals surface area contributed by atoms with E-state index in [1.54, 1.807) is 11.3 Å². The highest BCUT2D eigenvalue weighted by atomic mass is 32.1. The van der Waals surface area contributed by atoms with Gasteiger partial charge in [-0.15, -0.1) is 11.3 Å². The van der Waals surface area contributed by atoms with E-state index in [4.69, 9.17) is 4.42 Å². The molecule has 0 spiro atoms. The molecule has 5 heteroatoms. The summed E-state index contributed by atoms with van der Waals surface area (Å²) in [7, 11) is 0. The minimum atomic E-state index is -0.232. The lowest BCUT2D eigenvalue weighted by molar-refractivity contribution is 0.169. The Balaban J connectivity index is 1.61. The summed E-state index contributed by atoms with van der Waals surface area (Å²) in [5.74, 6) is -0.232. The van der Waals surface area contributed by atoms with E-state index in [9.17, 15) is 4.79 Å². The van der Waals surface area contributed by atoms with Crippen molar-refractivity contribution < 1.29 is 4.42 Å². The number of hydrogen-bond donors (Lipinski definition) is 0. The predicted molar refractivity (Wildman–Crippen MR) is 88.3 cm³/mol. The van der Waals surface area contributed by atoms with Crippen LogP contribution in [0.1, 0.15) is 23.8 Å². The number of rotatable bonds is 3. The van der Waals surface area contributed by atoms with Gasteiger partial charge in [0.2, 0.25) is 0 Å². The summed E-state index contributed by atoms with van der Waals surface area (Å²) in [4.78, 5) is 16.1. The largest absolute Gasteiger partial charge is 0.420 e. The molecule has 0 amide bonds. The summed E-state index contributed by atoms with van der Waals surface area (Å²) in [6.45, 7) is 2.97. The van der Waals surface area contributed by atoms with E-state index in [2.05, 4.69) is 22.4 Å². The predicted octanol–water partition coefficient (Wildman–Crippen LogP) is 3.49. The molecular formula is C17H18N2O2S. The zero-order valence-corrected chi connectivity index (χ0v) is 13.1. The van der Waals surface area contributed by atoms with Gasteiger partial charge in [-0.05, 0) is 43.0 Å². The molecule has 114 valence electrons. The van der Waals surface area contributed by atoms with E-state index < -0.39 is 0 Å². The molecule has 22 heavy (non-hydrogen) atoms. The molecule has 1 atom stereocenters. The molecule has 1 aliphatic rings. The van der Waals surface area contributed by atoms with Crippen LogP contribution in [-0.2, 0) is 6.54 Å². The number of nitrogens with zero attached hydrogens (tertiary/aromatic N) is 2. The average Bonchev–Trinajstić information content (AvgIpc) is 3.14. The molecule has 4 nitrogen and oxygen atoms in total. The molecule has 1 aliphatic heterocycles. The quantitative estimate of drug-likeness (QED) is 0.743. The van der Waals surface area contributed by atoms with Crippen LogP contribution >= 0.6 is 11.3 Å². The molecule has 0 radical (unpaired) electrons. The first-order valence-electron chi connectivity index (χ1n) is 7.66. The van der Waals surface area contributed by atoms with E-state index in [0.29, 0.717) is 5.58 Å². The Bertz CT molecular complexity index is 819. The third-order valence-electron chi connectivity index (χ3n) is 4.32. The number of likely N-dealkylation sites (tertiary alicyclic amines) is 1. The highest BCUT2D eigenvalue weighted by molar-refractivity contribution is 7.09. The first-order valence-corrected chi connectivity index (χ1v) is 8.54. The number of thiophene rings is 1. The van der Waals surface area contributed by atoms with Crippen molar-refractivity contribution in [1.29, 1.82) is 0 Å². The Morgan fingerprint density at radius 2 is 2.14 bits per heavy atom. The lowest BCUT2D eigenvalue weighted by atomic mass is 10.1. The third kappa shape index (κ3) is 2.51. The summed E-state index contributed by atoms with van der Waals surface area (Å²) in [5, 5.41) is 2.12. The van der Waals surface area contributed by atoms with Gasteiger partial charge in [0.05, 0.1) is 11.6 Å². The van der Waals surface area contributed by atoms with Crippen molar-refractivity contribution in [2.75, 3.05) is 13.1 Å². The summed E-state index contributed by atoms with van der Waals surface area (Å²) in [6, 6.07) is 12.2. The molecule has 4 rings (SSSR count). The van der Waals surface area contributed by atoms with Gasteiger partial charge in [0, 0.05) is 18.0 Å². The fourth-order valence-electron chi connectivity index (χ4n) is 3.34. The van der Waals surface area contributed by atoms with Crippen LogP contribution in [0.2, 0.25) is 0 Å². The van der Waals surface area contributed by atoms with Crippen molar-refractivity contribution in [2.24, 2.45) is 0 Å². The molecule has 3 aromatic rings. The maximum absolute atomic E-state index is 12.2. The Morgan fingerprint density at radius 3 is 3.00 bits per heavy atom. The van der Waals surface area contributed by atoms with Gasteiger partial charge in [0.15, 0.2) is 5.58 Å². The van der Waals surface area contributed by atoms with E-state index in [-0.39, 0.29) is 11.8 Å². The fourth-order valence-corrected chi connectivity index (χ4v) is 4.08. The van der Waals surface area contributed by atoms with Gasteiger partial charge < -0.3 is 4.42 Å². The van der Waals surface area contributed by atoms with Crippen LogP contribution in [0, 0.1) is 0 Å². The number of hydrogen-bond acceptors (Lipinski definition) is 4. The van der Waals surface area contributed by atoms with Gasteiger partial charge in [-0.1, -0.05) is 18.2 Å². The highest BCUT2D eigenvalue weighted by Gasteiger charge is 2.25. The summed E-state index contributed by atoms with van der Waals surface area (Å²) < 4.78 is 7.23. The van der Waals surface area contributed by atoms with Crippen LogP contribution in [0.15, 0.2) is 51.0 Å². The Kier molecular flexibility index (Phi) is 3.60. The summed E-state index contributed by atoms with van der Waals surface area (Å²) >= 11 is 1.79. The molecule has 1 fully saturated rings. The summed E-state index contributed by atoms with van der Waals surface area (Å²) in [6.07, 6.45) is 2.15. The van der Waals surface area contributed by atoms with Gasteiger partial charge in [-0.3, -0.25) is 9.47 Å². The van der Waals surface area contributed by atoms with E-state index in [0.717, 1.165) is 38.0 Å². The van der Waals surface area contributed by atoms with Crippen LogP contribution < -0.4 is 5.76 Å². The maximum Gasteiger partial charge on any atom is 0.420 e. The molecule has 0 unspecified atom stereocenters. The Morgan fingerprint density at radius 1 is 1.23 bits per heavy atom. The minimum absolute atomic E-state index is 0.199. The zero-order valence-electron chi connectivity index (χ0n) is 12.3. The van der Waals surface area contributed by atoms with Gasteiger partial charge in [-0.25, -0.2) is 4.79 Å². The van der Waals surface area contributed by atoms with Crippen molar-refractivity contribution in [1.82, 2.24) is 9.47 Å². The van der Waals surface area contributed by atoms with Crippen LogP contribution in [0.4, 0.5) is 0 Å². The van der Waals surface area contributed by atoms with Crippen LogP contribution in [0.25, 0.3) is 11.1 Å². The topological polar surface area (TPSA) is 38.4 Å². The first kappa shape index (κ1) is 13.8. The number of oxazole rings is 1. The molecule has 0 aliphatic carbocycles. The molecule has 0 saturated carbocycles. The second-order valence-electron chi connectivity index (χ2n) is 5.82. The first-order chi connectivity index (χ1) is 10.8. The second kappa shape index (κ2) is 5.74. The van der Waals surface area contributed by atoms with Gasteiger partial charge in [-0.2, -0.15) is 0 Å². The Hall–Kier alpha value is -1.85. The van der Waals surface area contributed by atoms with Crippen molar-refractivity contribution in [3.63, 3.8) is 0 Å². The molecule has 1 saturated heterocycles. The van der Waals surface area contributed by atoms with Gasteiger partial charge >= 0.3 is 5.76 Å². The standard InChI is InChI=1S/C17H18N2O2S/c20-17-19(15-7-1-2-8-16(15)21-17)13-5-3-9-18(11-13)12-14-6-4-10-22-14/h1-2,4,6-8,10,13H,3,5,9,11-12H2/t13-/m0/s1. The number of piperidine rings is 1. The van der Waals surface area contributed by atoms with Gasteiger partial charge in [0.1, 0.15) is 0 Å². The smallest absolute Gasteiger partial charge is 0.408 e. The Labute approximate surface area is 132 Å². The molecule has 3 heterocycles. The molecule has 0 N–H and O–H groups in total. The van der Waals surface area contributed by atoms with Crippen LogP contribution in [-0.4, -0.2) is 22.6 Å². The van der Waals surface area contributed by atoms with Crippen molar-refractivity contribution in [3.05, 3.63) is 57.2 Å². The van der Waals surface area contributed by atoms with Crippen LogP contribution in [0.5, 0.6) is 0 Å². The number of aromatic nitrogens is 1. The lowest BCUT2D eigenvalue weighted by Crippen LogP contribution is -2.38. The fraction of sp³-hybridized carbons (Fsp3) is 0.353. The third-order valence-corrected chi connectivity index (χ3v) is 5.19. The second-order valence-corrected chi connectivity index (χ2v) is 6.85. The minimum Gasteiger partial charge on any atom is -0.408 e. The average molecular weight is 314 g/mol. The number of benzene rings is 1. The number of para-hydroxylation sites is 2. The number of fused-ring (bicyclic) bond motifs is 1. The lowest BCUT2D eigenvalue weighted by Gasteiger charge is -2.32. The van der Waals surface area contributed by atoms with Crippen molar-refractivity contribution >= 4 is 22.4 Å². The van der Waals surface area contributed by atoms with E-state index >= 15 is 0 Å². The van der Waals surface area contributed by atoms with Crippen LogP contribution in [0.3, 0.4) is 0 Å². The maximum atomic E-state index is 12.2. The van der Waals surface area contributed by atoms with Crippen molar-refractivity contribution in [3.8, 4) is 0 Å². The highest BCUT2D eigenvalue weighted by Crippen LogP contribution is 2.26. The normalized spacial score (nSPS) is 19.7. The molecule has 0 bridgehead atoms. The van der Waals surface area contributed by atoms with Crippen molar-refractivity contribution in [2.45, 2.75) is 25.4 Å². The summed E-state index contributed by atoms with van der Waals surface area (Å²) in [5.41, 5.74) is 1.60. The monoisotopic (exact) mass is 314 g/mol. The molecule has 2 aromatic heterocycles. The van der Waals surface area contributed by atoms with Gasteiger partial charge in [0.25, 0.3) is 0 Å². The molecular weight excluding hydrogens is 296 g/mol. The van der Waals surface area contributed by atoms with E-state index in [1.807, 2.05) is 28.8 Å². The van der Waals surface area contributed by atoms with E-state index in [1.165, 1.54) is 4.88 Å². The zero-order chi connectivity index (χ0) is 14.9.